The van der Waals surface area contributed by atoms with Crippen LogP contribution in [0.3, 0.4) is 0 Å². The molecule has 1 aromatic rings. The van der Waals surface area contributed by atoms with Gasteiger partial charge in [0.2, 0.25) is 0 Å². The van der Waals surface area contributed by atoms with Gasteiger partial charge in [-0.3, -0.25) is 0 Å². The maximum absolute atomic E-state index is 10.1. The topological polar surface area (TPSA) is 46.2 Å². The van der Waals surface area contributed by atoms with Crippen LogP contribution in [-0.4, -0.2) is 17.3 Å². The van der Waals surface area contributed by atoms with Crippen molar-refractivity contribution >= 4 is 0 Å². The number of hydrogen-bond acceptors (Lipinski definition) is 2. The molecule has 1 aliphatic carbocycles. The summed E-state index contributed by atoms with van der Waals surface area (Å²) in [5, 5.41) is 10.1. The number of benzene rings is 1. The van der Waals surface area contributed by atoms with E-state index in [1.807, 2.05) is 25.1 Å². The Morgan fingerprint density at radius 3 is 2.40 bits per heavy atom. The van der Waals surface area contributed by atoms with Gasteiger partial charge >= 0.3 is 0 Å². The molecule has 2 nitrogen and oxygen atoms in total. The van der Waals surface area contributed by atoms with Crippen LogP contribution in [0.4, 0.5) is 0 Å². The van der Waals surface area contributed by atoms with Gasteiger partial charge in [-0.1, -0.05) is 30.3 Å². The van der Waals surface area contributed by atoms with Gasteiger partial charge in [0.25, 0.3) is 0 Å². The average molecular weight is 205 g/mol. The fourth-order valence-electron chi connectivity index (χ4n) is 2.74. The maximum atomic E-state index is 10.1. The summed E-state index contributed by atoms with van der Waals surface area (Å²) in [7, 11) is 0. The quantitative estimate of drug-likeness (QED) is 0.773. The summed E-state index contributed by atoms with van der Waals surface area (Å²) in [6.45, 7) is 2.53. The van der Waals surface area contributed by atoms with Gasteiger partial charge in [-0.25, -0.2) is 0 Å². The Balaban J connectivity index is 2.32. The van der Waals surface area contributed by atoms with E-state index in [2.05, 4.69) is 12.1 Å². The van der Waals surface area contributed by atoms with Crippen molar-refractivity contribution in [2.24, 2.45) is 5.73 Å². The third-order valence-corrected chi connectivity index (χ3v) is 3.64. The predicted octanol–water partition coefficient (Wildman–Crippen LogP) is 1.82. The molecule has 0 aliphatic heterocycles. The highest BCUT2D eigenvalue weighted by Gasteiger charge is 2.44. The number of hydrogen-bond donors (Lipinski definition) is 2. The summed E-state index contributed by atoms with van der Waals surface area (Å²) in [6, 6.07) is 10.3. The Morgan fingerprint density at radius 2 is 1.93 bits per heavy atom. The standard InChI is InChI=1S/C13H19NO/c1-12(15)7-8-13(9-12,10-14)11-5-3-2-4-6-11/h2-6,15H,7-10,14H2,1H3. The minimum Gasteiger partial charge on any atom is -0.390 e. The van der Waals surface area contributed by atoms with Crippen LogP contribution in [0, 0.1) is 0 Å². The van der Waals surface area contributed by atoms with Crippen molar-refractivity contribution in [1.29, 1.82) is 0 Å². The van der Waals surface area contributed by atoms with Crippen molar-refractivity contribution in [1.82, 2.24) is 0 Å². The normalized spacial score (nSPS) is 35.7. The first-order valence-electron chi connectivity index (χ1n) is 5.56. The van der Waals surface area contributed by atoms with E-state index in [9.17, 15) is 5.11 Å². The second-order valence-corrected chi connectivity index (χ2v) is 5.02. The minimum absolute atomic E-state index is 0.00917. The monoisotopic (exact) mass is 205 g/mol. The van der Waals surface area contributed by atoms with Crippen LogP contribution in [0.5, 0.6) is 0 Å². The molecule has 2 unspecified atom stereocenters. The molecule has 2 atom stereocenters. The number of aliphatic hydroxyl groups is 1. The highest BCUT2D eigenvalue weighted by molar-refractivity contribution is 5.28. The smallest absolute Gasteiger partial charge is 0.0629 e. The van der Waals surface area contributed by atoms with Gasteiger partial charge in [0.05, 0.1) is 5.60 Å². The molecule has 0 heterocycles. The molecule has 2 heteroatoms. The minimum atomic E-state index is -0.546. The molecule has 1 saturated carbocycles. The van der Waals surface area contributed by atoms with Crippen LogP contribution in [0.25, 0.3) is 0 Å². The Bertz CT molecular complexity index is 334. The molecule has 1 fully saturated rings. The van der Waals surface area contributed by atoms with Crippen LogP contribution in [0.1, 0.15) is 31.7 Å². The first-order chi connectivity index (χ1) is 7.08. The van der Waals surface area contributed by atoms with Gasteiger partial charge in [-0.05, 0) is 31.7 Å². The zero-order valence-electron chi connectivity index (χ0n) is 9.24. The maximum Gasteiger partial charge on any atom is 0.0629 e. The second-order valence-electron chi connectivity index (χ2n) is 5.02. The Hall–Kier alpha value is -0.860. The van der Waals surface area contributed by atoms with Gasteiger partial charge in [-0.15, -0.1) is 0 Å². The average Bonchev–Trinajstić information content (AvgIpc) is 2.57. The molecule has 0 saturated heterocycles. The summed E-state index contributed by atoms with van der Waals surface area (Å²) in [5.41, 5.74) is 6.62. The Labute approximate surface area is 91.1 Å². The molecule has 0 spiro atoms. The molecule has 3 N–H and O–H groups in total. The third-order valence-electron chi connectivity index (χ3n) is 3.64. The molecular weight excluding hydrogens is 186 g/mol. The van der Waals surface area contributed by atoms with E-state index < -0.39 is 5.60 Å². The molecule has 2 rings (SSSR count). The molecule has 15 heavy (non-hydrogen) atoms. The summed E-state index contributed by atoms with van der Waals surface area (Å²) in [4.78, 5) is 0. The summed E-state index contributed by atoms with van der Waals surface area (Å²) in [6.07, 6.45) is 2.61. The molecule has 1 aromatic carbocycles. The lowest BCUT2D eigenvalue weighted by atomic mass is 9.78. The fraction of sp³-hybridized carbons (Fsp3) is 0.538. The van der Waals surface area contributed by atoms with Gasteiger partial charge in [0.15, 0.2) is 0 Å². The third kappa shape index (κ3) is 1.92. The van der Waals surface area contributed by atoms with E-state index in [4.69, 9.17) is 5.73 Å². The Morgan fingerprint density at radius 1 is 1.27 bits per heavy atom. The summed E-state index contributed by atoms with van der Waals surface area (Å²) < 4.78 is 0. The molecule has 0 radical (unpaired) electrons. The van der Waals surface area contributed by atoms with E-state index in [0.717, 1.165) is 19.3 Å². The van der Waals surface area contributed by atoms with Crippen molar-refractivity contribution in [3.05, 3.63) is 35.9 Å². The zero-order chi connectivity index (χ0) is 10.9. The van der Waals surface area contributed by atoms with E-state index in [1.54, 1.807) is 0 Å². The lowest BCUT2D eigenvalue weighted by molar-refractivity contribution is 0.0612. The summed E-state index contributed by atoms with van der Waals surface area (Å²) in [5.74, 6) is 0. The Kier molecular flexibility index (Phi) is 2.57. The fourth-order valence-corrected chi connectivity index (χ4v) is 2.74. The van der Waals surface area contributed by atoms with Crippen molar-refractivity contribution in [2.45, 2.75) is 37.2 Å². The predicted molar refractivity (Wildman–Crippen MR) is 61.6 cm³/mol. The van der Waals surface area contributed by atoms with Gasteiger partial charge in [0.1, 0.15) is 0 Å². The van der Waals surface area contributed by atoms with Crippen molar-refractivity contribution in [3.8, 4) is 0 Å². The van der Waals surface area contributed by atoms with Crippen LogP contribution in [-0.2, 0) is 5.41 Å². The summed E-state index contributed by atoms with van der Waals surface area (Å²) >= 11 is 0. The first-order valence-corrected chi connectivity index (χ1v) is 5.56. The van der Waals surface area contributed by atoms with E-state index in [1.165, 1.54) is 5.56 Å². The van der Waals surface area contributed by atoms with Crippen LogP contribution < -0.4 is 5.73 Å². The van der Waals surface area contributed by atoms with Crippen molar-refractivity contribution in [3.63, 3.8) is 0 Å². The van der Waals surface area contributed by atoms with Crippen LogP contribution >= 0.6 is 0 Å². The van der Waals surface area contributed by atoms with E-state index in [0.29, 0.717) is 6.54 Å². The van der Waals surface area contributed by atoms with Crippen LogP contribution in [0.2, 0.25) is 0 Å². The highest BCUT2D eigenvalue weighted by Crippen LogP contribution is 2.45. The molecule has 82 valence electrons. The van der Waals surface area contributed by atoms with Crippen molar-refractivity contribution in [2.75, 3.05) is 6.54 Å². The highest BCUT2D eigenvalue weighted by atomic mass is 16.3. The lowest BCUT2D eigenvalue weighted by Crippen LogP contribution is -2.35. The molecular formula is C13H19NO. The molecule has 1 aliphatic rings. The molecule has 0 aromatic heterocycles. The molecule has 0 amide bonds. The SMILES string of the molecule is CC1(O)CCC(CN)(c2ccccc2)C1. The van der Waals surface area contributed by atoms with E-state index in [-0.39, 0.29) is 5.41 Å². The zero-order valence-corrected chi connectivity index (χ0v) is 9.24. The first kappa shape index (κ1) is 10.7. The van der Waals surface area contributed by atoms with Gasteiger partial charge in [-0.2, -0.15) is 0 Å². The van der Waals surface area contributed by atoms with Crippen molar-refractivity contribution < 1.29 is 5.11 Å². The number of nitrogens with two attached hydrogens (primary N) is 1. The van der Waals surface area contributed by atoms with E-state index >= 15 is 0 Å². The van der Waals surface area contributed by atoms with Gasteiger partial charge in [0, 0.05) is 12.0 Å². The lowest BCUT2D eigenvalue weighted by Gasteiger charge is -2.29. The van der Waals surface area contributed by atoms with Crippen LogP contribution in [0.15, 0.2) is 30.3 Å². The number of rotatable bonds is 2. The molecule has 0 bridgehead atoms. The van der Waals surface area contributed by atoms with Gasteiger partial charge < -0.3 is 10.8 Å². The second kappa shape index (κ2) is 3.62. The largest absolute Gasteiger partial charge is 0.390 e.